The average Bonchev–Trinajstić information content (AvgIpc) is 3.26. The Morgan fingerprint density at radius 1 is 1.22 bits per heavy atom. The second kappa shape index (κ2) is 5.36. The van der Waals surface area contributed by atoms with Gasteiger partial charge in [0, 0.05) is 18.5 Å². The zero-order valence-corrected chi connectivity index (χ0v) is 14.5. The fraction of sp³-hybridized carbons (Fsp3) is 0.882. The van der Waals surface area contributed by atoms with Gasteiger partial charge in [-0.1, -0.05) is 6.42 Å². The standard InChI is InChI=1S/C17H28N2O4/c1-11-12(22-11)13(20)18-9-17(8-16(17)6-5-7-16)10-19-14(21)23-15(2,3)4/h11-12H,5-10H2,1-4H3,(H,18,20)(H,19,21)/t11-,12+,17?/m0/s1. The molecule has 130 valence electrons. The number of hydrogen-bond acceptors (Lipinski definition) is 4. The summed E-state index contributed by atoms with van der Waals surface area (Å²) in [6.07, 6.45) is 4.04. The van der Waals surface area contributed by atoms with Crippen LogP contribution in [0.4, 0.5) is 4.79 Å². The molecule has 3 atom stereocenters. The van der Waals surface area contributed by atoms with Crippen LogP contribution in [-0.2, 0) is 14.3 Å². The highest BCUT2D eigenvalue weighted by Crippen LogP contribution is 2.73. The molecule has 1 aliphatic heterocycles. The molecule has 2 N–H and O–H groups in total. The Morgan fingerprint density at radius 3 is 2.26 bits per heavy atom. The Kier molecular flexibility index (Phi) is 3.86. The molecule has 6 heteroatoms. The summed E-state index contributed by atoms with van der Waals surface area (Å²) in [4.78, 5) is 23.9. The van der Waals surface area contributed by atoms with Crippen LogP contribution in [0.5, 0.6) is 0 Å². The first-order chi connectivity index (χ1) is 10.7. The number of alkyl carbamates (subject to hydrolysis) is 1. The van der Waals surface area contributed by atoms with Gasteiger partial charge in [0.05, 0.1) is 6.10 Å². The maximum absolute atomic E-state index is 12.0. The van der Waals surface area contributed by atoms with Crippen molar-refractivity contribution < 1.29 is 19.1 Å². The van der Waals surface area contributed by atoms with Crippen LogP contribution in [0.15, 0.2) is 0 Å². The van der Waals surface area contributed by atoms with Gasteiger partial charge in [-0.05, 0) is 52.4 Å². The molecule has 2 amide bonds. The molecule has 1 spiro atoms. The second-order valence-corrected chi connectivity index (χ2v) is 8.43. The summed E-state index contributed by atoms with van der Waals surface area (Å²) < 4.78 is 10.5. The van der Waals surface area contributed by atoms with Gasteiger partial charge < -0.3 is 20.1 Å². The SMILES string of the molecule is C[C@@H]1O[C@H]1C(=O)NCC1(CNC(=O)OC(C)(C)C)CC12CCC2. The van der Waals surface area contributed by atoms with E-state index in [2.05, 4.69) is 10.6 Å². The summed E-state index contributed by atoms with van der Waals surface area (Å²) in [5.74, 6) is -0.0319. The predicted molar refractivity (Wildman–Crippen MR) is 84.9 cm³/mol. The molecule has 3 aliphatic rings. The monoisotopic (exact) mass is 324 g/mol. The van der Waals surface area contributed by atoms with E-state index in [1.807, 2.05) is 27.7 Å². The molecule has 0 radical (unpaired) electrons. The third-order valence-corrected chi connectivity index (χ3v) is 5.53. The summed E-state index contributed by atoms with van der Waals surface area (Å²) in [6, 6.07) is 0. The highest BCUT2D eigenvalue weighted by atomic mass is 16.6. The van der Waals surface area contributed by atoms with Crippen LogP contribution >= 0.6 is 0 Å². The van der Waals surface area contributed by atoms with Crippen molar-refractivity contribution in [2.75, 3.05) is 13.1 Å². The molecule has 1 heterocycles. The third kappa shape index (κ3) is 3.32. The van der Waals surface area contributed by atoms with Crippen LogP contribution in [-0.4, -0.2) is 42.9 Å². The molecule has 0 aromatic rings. The molecular formula is C17H28N2O4. The predicted octanol–water partition coefficient (Wildman–Crippen LogP) is 1.97. The lowest BCUT2D eigenvalue weighted by molar-refractivity contribution is -0.122. The fourth-order valence-electron chi connectivity index (χ4n) is 3.85. The van der Waals surface area contributed by atoms with Crippen molar-refractivity contribution in [2.45, 2.75) is 71.2 Å². The Morgan fingerprint density at radius 2 is 1.83 bits per heavy atom. The van der Waals surface area contributed by atoms with Crippen molar-refractivity contribution in [1.82, 2.24) is 10.6 Å². The van der Waals surface area contributed by atoms with Crippen LogP contribution in [0, 0.1) is 10.8 Å². The lowest BCUT2D eigenvalue weighted by atomic mass is 9.75. The van der Waals surface area contributed by atoms with Gasteiger partial charge in [0.15, 0.2) is 6.10 Å². The molecule has 3 fully saturated rings. The van der Waals surface area contributed by atoms with Crippen LogP contribution in [0.2, 0.25) is 0 Å². The van der Waals surface area contributed by atoms with Gasteiger partial charge >= 0.3 is 6.09 Å². The number of rotatable bonds is 5. The molecule has 3 rings (SSSR count). The van der Waals surface area contributed by atoms with Crippen molar-refractivity contribution in [1.29, 1.82) is 0 Å². The molecule has 0 aromatic heterocycles. The van der Waals surface area contributed by atoms with Gasteiger partial charge in [-0.15, -0.1) is 0 Å². The minimum atomic E-state index is -0.497. The number of carbonyl (C=O) groups excluding carboxylic acids is 2. The minimum Gasteiger partial charge on any atom is -0.444 e. The molecule has 1 saturated heterocycles. The Hall–Kier alpha value is -1.30. The molecule has 0 aromatic carbocycles. The van der Waals surface area contributed by atoms with Crippen molar-refractivity contribution in [2.24, 2.45) is 10.8 Å². The van der Waals surface area contributed by atoms with Crippen LogP contribution in [0.1, 0.15) is 53.4 Å². The van der Waals surface area contributed by atoms with Gasteiger partial charge in [-0.2, -0.15) is 0 Å². The normalized spacial score (nSPS) is 33.6. The molecular weight excluding hydrogens is 296 g/mol. The minimum absolute atomic E-state index is 0.0179. The lowest BCUT2D eigenvalue weighted by Crippen LogP contribution is -2.44. The van der Waals surface area contributed by atoms with E-state index in [-0.39, 0.29) is 29.6 Å². The van der Waals surface area contributed by atoms with E-state index in [0.29, 0.717) is 18.5 Å². The first-order valence-electron chi connectivity index (χ1n) is 8.57. The van der Waals surface area contributed by atoms with E-state index >= 15 is 0 Å². The quantitative estimate of drug-likeness (QED) is 0.758. The van der Waals surface area contributed by atoms with Gasteiger partial charge in [0.25, 0.3) is 5.91 Å². The highest BCUT2D eigenvalue weighted by molar-refractivity contribution is 5.83. The highest BCUT2D eigenvalue weighted by Gasteiger charge is 2.69. The third-order valence-electron chi connectivity index (χ3n) is 5.53. The van der Waals surface area contributed by atoms with E-state index in [9.17, 15) is 9.59 Å². The van der Waals surface area contributed by atoms with E-state index in [1.165, 1.54) is 19.3 Å². The van der Waals surface area contributed by atoms with Gasteiger partial charge in [0.2, 0.25) is 0 Å². The van der Waals surface area contributed by atoms with Crippen molar-refractivity contribution in [3.8, 4) is 0 Å². The number of epoxide rings is 1. The van der Waals surface area contributed by atoms with Crippen molar-refractivity contribution in [3.05, 3.63) is 0 Å². The lowest BCUT2D eigenvalue weighted by Gasteiger charge is -2.33. The van der Waals surface area contributed by atoms with E-state index in [0.717, 1.165) is 6.42 Å². The molecule has 6 nitrogen and oxygen atoms in total. The average molecular weight is 324 g/mol. The van der Waals surface area contributed by atoms with Crippen molar-refractivity contribution >= 4 is 12.0 Å². The summed E-state index contributed by atoms with van der Waals surface area (Å²) in [5.41, 5.74) is -0.204. The molecule has 2 aliphatic carbocycles. The smallest absolute Gasteiger partial charge is 0.407 e. The van der Waals surface area contributed by atoms with Crippen LogP contribution < -0.4 is 10.6 Å². The number of carbonyl (C=O) groups is 2. The zero-order valence-electron chi connectivity index (χ0n) is 14.5. The van der Waals surface area contributed by atoms with Gasteiger partial charge in [-0.3, -0.25) is 4.79 Å². The summed E-state index contributed by atoms with van der Waals surface area (Å²) in [6.45, 7) is 8.61. The molecule has 2 saturated carbocycles. The van der Waals surface area contributed by atoms with E-state index < -0.39 is 5.60 Å². The summed E-state index contributed by atoms with van der Waals surface area (Å²) in [5, 5.41) is 5.92. The first kappa shape index (κ1) is 16.6. The summed E-state index contributed by atoms with van der Waals surface area (Å²) in [7, 11) is 0. The Bertz CT molecular complexity index is 509. The number of ether oxygens (including phenoxy) is 2. The van der Waals surface area contributed by atoms with Gasteiger partial charge in [0.1, 0.15) is 5.60 Å². The first-order valence-corrected chi connectivity index (χ1v) is 8.57. The number of amides is 2. The summed E-state index contributed by atoms with van der Waals surface area (Å²) >= 11 is 0. The Labute approximate surface area is 137 Å². The zero-order chi connectivity index (χ0) is 16.9. The van der Waals surface area contributed by atoms with Crippen LogP contribution in [0.3, 0.4) is 0 Å². The second-order valence-electron chi connectivity index (χ2n) is 8.43. The topological polar surface area (TPSA) is 80.0 Å². The molecule has 0 bridgehead atoms. The van der Waals surface area contributed by atoms with E-state index in [1.54, 1.807) is 0 Å². The maximum Gasteiger partial charge on any atom is 0.407 e. The van der Waals surface area contributed by atoms with E-state index in [4.69, 9.17) is 9.47 Å². The van der Waals surface area contributed by atoms with Crippen molar-refractivity contribution in [3.63, 3.8) is 0 Å². The fourth-order valence-corrected chi connectivity index (χ4v) is 3.85. The number of nitrogens with one attached hydrogen (secondary N) is 2. The Balaban J connectivity index is 1.52. The van der Waals surface area contributed by atoms with Crippen LogP contribution in [0.25, 0.3) is 0 Å². The largest absolute Gasteiger partial charge is 0.444 e. The number of hydrogen-bond donors (Lipinski definition) is 2. The molecule has 23 heavy (non-hydrogen) atoms. The van der Waals surface area contributed by atoms with Gasteiger partial charge in [-0.25, -0.2) is 4.79 Å². The maximum atomic E-state index is 12.0. The molecule has 1 unspecified atom stereocenters.